The first-order valence-corrected chi connectivity index (χ1v) is 18.5. The fourth-order valence-electron chi connectivity index (χ4n) is 6.84. The molecular weight excluding hydrogens is 665 g/mol. The minimum absolute atomic E-state index is 0.0205. The van der Waals surface area contributed by atoms with Crippen LogP contribution in [0.1, 0.15) is 41.7 Å². The Hall–Kier alpha value is -4.19. The maximum Gasteiger partial charge on any atom is 0.297 e. The molecule has 51 heavy (non-hydrogen) atoms. The third kappa shape index (κ3) is 7.56. The second kappa shape index (κ2) is 14.8. The van der Waals surface area contributed by atoms with Crippen molar-refractivity contribution >= 4 is 10.1 Å². The van der Waals surface area contributed by atoms with E-state index in [-0.39, 0.29) is 18.1 Å². The number of rotatable bonds is 13. The van der Waals surface area contributed by atoms with E-state index in [4.69, 9.17) is 27.9 Å². The van der Waals surface area contributed by atoms with Crippen LogP contribution in [0.25, 0.3) is 0 Å². The zero-order valence-electron chi connectivity index (χ0n) is 28.8. The average Bonchev–Trinajstić information content (AvgIpc) is 3.63. The maximum atomic E-state index is 14.0. The second-order valence-electron chi connectivity index (χ2n) is 13.3. The summed E-state index contributed by atoms with van der Waals surface area (Å²) in [5, 5.41) is 0. The largest absolute Gasteiger partial charge is 0.368 e. The molecule has 5 aromatic rings. The van der Waals surface area contributed by atoms with Crippen molar-refractivity contribution in [2.75, 3.05) is 6.61 Å². The maximum absolute atomic E-state index is 14.0. The van der Waals surface area contributed by atoms with E-state index < -0.39 is 52.2 Å². The lowest BCUT2D eigenvalue weighted by Crippen LogP contribution is -2.48. The molecule has 0 saturated carbocycles. The molecular formula is C42H42O8S. The summed E-state index contributed by atoms with van der Waals surface area (Å²) in [4.78, 5) is 0.0205. The van der Waals surface area contributed by atoms with Crippen LogP contribution in [0, 0.1) is 6.92 Å². The van der Waals surface area contributed by atoms with Gasteiger partial charge in [0.15, 0.2) is 12.1 Å². The highest BCUT2D eigenvalue weighted by molar-refractivity contribution is 7.86. The molecule has 7 rings (SSSR count). The summed E-state index contributed by atoms with van der Waals surface area (Å²) in [5.41, 5.74) is 3.29. The minimum Gasteiger partial charge on any atom is -0.368 e. The lowest BCUT2D eigenvalue weighted by Gasteiger charge is -2.38. The van der Waals surface area contributed by atoms with Gasteiger partial charge in [0.2, 0.25) is 0 Å². The highest BCUT2D eigenvalue weighted by Crippen LogP contribution is 2.44. The minimum atomic E-state index is -4.31. The molecule has 2 saturated heterocycles. The van der Waals surface area contributed by atoms with Crippen LogP contribution in [0.3, 0.4) is 0 Å². The fourth-order valence-corrected chi connectivity index (χ4v) is 7.91. The SMILES string of the molecule is Cc1ccc(S(=O)(=O)O[C@@H](COC(c2ccccc2)(c2ccccc2)c2ccccc2)[C@H]2O[C@@H]3OC(C)(C)O[C@@H]3[C@@H]2OCc2ccccc2)cc1. The van der Waals surface area contributed by atoms with E-state index in [1.54, 1.807) is 12.1 Å². The summed E-state index contributed by atoms with van der Waals surface area (Å²) < 4.78 is 66.9. The van der Waals surface area contributed by atoms with E-state index >= 15 is 0 Å². The fraction of sp³-hybridized carbons (Fsp3) is 0.286. The molecule has 8 nitrogen and oxygen atoms in total. The number of hydrogen-bond donors (Lipinski definition) is 0. The first kappa shape index (κ1) is 35.2. The predicted molar refractivity (Wildman–Crippen MR) is 192 cm³/mol. The van der Waals surface area contributed by atoms with Gasteiger partial charge in [-0.05, 0) is 55.2 Å². The van der Waals surface area contributed by atoms with Gasteiger partial charge in [-0.1, -0.05) is 139 Å². The predicted octanol–water partition coefficient (Wildman–Crippen LogP) is 7.54. The number of benzene rings is 5. The molecule has 0 amide bonds. The van der Waals surface area contributed by atoms with Crippen molar-refractivity contribution in [2.45, 2.75) is 74.4 Å². The summed E-state index contributed by atoms with van der Waals surface area (Å²) in [6, 6.07) is 45.9. The van der Waals surface area contributed by atoms with Crippen LogP contribution in [0.15, 0.2) is 150 Å². The molecule has 5 aromatic carbocycles. The molecule has 2 fully saturated rings. The smallest absolute Gasteiger partial charge is 0.297 e. The molecule has 0 N–H and O–H groups in total. The monoisotopic (exact) mass is 706 g/mol. The average molecular weight is 707 g/mol. The van der Waals surface area contributed by atoms with Gasteiger partial charge in [0.25, 0.3) is 10.1 Å². The third-order valence-corrected chi connectivity index (χ3v) is 10.6. The quantitative estimate of drug-likeness (QED) is 0.0917. The summed E-state index contributed by atoms with van der Waals surface area (Å²) in [7, 11) is -4.31. The van der Waals surface area contributed by atoms with E-state index in [9.17, 15) is 8.42 Å². The molecule has 264 valence electrons. The normalized spacial score (nSPS) is 22.0. The topological polar surface area (TPSA) is 89.5 Å². The summed E-state index contributed by atoms with van der Waals surface area (Å²) in [6.07, 6.45) is -4.38. The molecule has 0 unspecified atom stereocenters. The number of ether oxygens (including phenoxy) is 5. The van der Waals surface area contributed by atoms with Gasteiger partial charge in [-0.15, -0.1) is 0 Å². The van der Waals surface area contributed by atoms with Crippen molar-refractivity contribution in [3.8, 4) is 0 Å². The van der Waals surface area contributed by atoms with Crippen LogP contribution in [0.5, 0.6) is 0 Å². The van der Waals surface area contributed by atoms with Crippen LogP contribution in [-0.2, 0) is 50.2 Å². The van der Waals surface area contributed by atoms with Gasteiger partial charge >= 0.3 is 0 Å². The van der Waals surface area contributed by atoms with Gasteiger partial charge in [0.05, 0.1) is 18.1 Å². The molecule has 2 aliphatic heterocycles. The second-order valence-corrected chi connectivity index (χ2v) is 14.9. The van der Waals surface area contributed by atoms with Gasteiger partial charge < -0.3 is 23.7 Å². The molecule has 0 bridgehead atoms. The number of fused-ring (bicyclic) bond motifs is 1. The summed E-state index contributed by atoms with van der Waals surface area (Å²) in [5.74, 6) is -0.932. The highest BCUT2D eigenvalue weighted by atomic mass is 32.2. The molecule has 9 heteroatoms. The van der Waals surface area contributed by atoms with Crippen LogP contribution < -0.4 is 0 Å². The van der Waals surface area contributed by atoms with E-state index in [0.717, 1.165) is 27.8 Å². The van der Waals surface area contributed by atoms with Gasteiger partial charge in [-0.2, -0.15) is 8.42 Å². The van der Waals surface area contributed by atoms with Crippen molar-refractivity contribution in [2.24, 2.45) is 0 Å². The standard InChI is InChI=1S/C42H42O8S/c1-30-24-26-35(27-25-30)51(43,44)50-36(37-38(45-28-31-16-8-4-9-17-31)39-40(47-37)49-41(2,3)48-39)29-46-42(32-18-10-5-11-19-32,33-20-12-6-13-21-33)34-22-14-7-15-23-34/h4-27,36-40H,28-29H2,1-3H3/t36-,37+,38+,39+,40+/m0/s1. The van der Waals surface area contributed by atoms with Crippen molar-refractivity contribution in [3.05, 3.63) is 173 Å². The molecule has 2 heterocycles. The van der Waals surface area contributed by atoms with Crippen LogP contribution in [0.4, 0.5) is 0 Å². The van der Waals surface area contributed by atoms with Gasteiger partial charge in [-0.3, -0.25) is 4.18 Å². The molecule has 0 aromatic heterocycles. The van der Waals surface area contributed by atoms with Crippen molar-refractivity contribution in [1.29, 1.82) is 0 Å². The summed E-state index contributed by atoms with van der Waals surface area (Å²) in [6.45, 7) is 5.54. The van der Waals surface area contributed by atoms with Crippen molar-refractivity contribution in [3.63, 3.8) is 0 Å². The Balaban J connectivity index is 1.31. The van der Waals surface area contributed by atoms with Crippen LogP contribution in [0.2, 0.25) is 0 Å². The Kier molecular flexibility index (Phi) is 10.2. The van der Waals surface area contributed by atoms with Gasteiger partial charge in [0.1, 0.15) is 30.0 Å². The Morgan fingerprint density at radius 3 is 1.75 bits per heavy atom. The summed E-state index contributed by atoms with van der Waals surface area (Å²) >= 11 is 0. The zero-order valence-corrected chi connectivity index (χ0v) is 29.6. The molecule has 2 aliphatic rings. The molecule has 0 radical (unpaired) electrons. The van der Waals surface area contributed by atoms with E-state index in [0.29, 0.717) is 0 Å². The van der Waals surface area contributed by atoms with Crippen molar-refractivity contribution in [1.82, 2.24) is 0 Å². The van der Waals surface area contributed by atoms with Crippen LogP contribution in [-0.4, -0.2) is 51.5 Å². The van der Waals surface area contributed by atoms with Gasteiger partial charge in [-0.25, -0.2) is 0 Å². The number of aryl methyl sites for hydroxylation is 1. The zero-order chi connectivity index (χ0) is 35.5. The Bertz CT molecular complexity index is 1870. The van der Waals surface area contributed by atoms with E-state index in [1.165, 1.54) is 12.1 Å². The molecule has 5 atom stereocenters. The van der Waals surface area contributed by atoms with Gasteiger partial charge in [0, 0.05) is 0 Å². The third-order valence-electron chi connectivity index (χ3n) is 9.24. The molecule has 0 spiro atoms. The Morgan fingerprint density at radius 2 is 1.22 bits per heavy atom. The Morgan fingerprint density at radius 1 is 0.706 bits per heavy atom. The first-order chi connectivity index (χ1) is 24.6. The molecule has 0 aliphatic carbocycles. The van der Waals surface area contributed by atoms with Crippen LogP contribution >= 0.6 is 0 Å². The number of hydrogen-bond acceptors (Lipinski definition) is 8. The lowest BCUT2D eigenvalue weighted by molar-refractivity contribution is -0.232. The lowest BCUT2D eigenvalue weighted by atomic mass is 9.80. The highest BCUT2D eigenvalue weighted by Gasteiger charge is 2.58. The Labute approximate surface area is 300 Å². The van der Waals surface area contributed by atoms with E-state index in [2.05, 4.69) is 0 Å². The van der Waals surface area contributed by atoms with Crippen molar-refractivity contribution < 1.29 is 36.3 Å². The van der Waals surface area contributed by atoms with E-state index in [1.807, 2.05) is 142 Å². The first-order valence-electron chi connectivity index (χ1n) is 17.1.